The molecule has 0 saturated heterocycles. The first-order chi connectivity index (χ1) is 9.86. The van der Waals surface area contributed by atoms with Crippen molar-refractivity contribution in [3.8, 4) is 0 Å². The number of aromatic nitrogens is 2. The molecule has 2 unspecified atom stereocenters. The number of hydrogen-bond donors (Lipinski definition) is 2. The highest BCUT2D eigenvalue weighted by Crippen LogP contribution is 2.43. The van der Waals surface area contributed by atoms with Crippen LogP contribution in [0.4, 0.5) is 0 Å². The van der Waals surface area contributed by atoms with Gasteiger partial charge in [0.1, 0.15) is 5.82 Å². The minimum atomic E-state index is -0.0921. The van der Waals surface area contributed by atoms with Crippen LogP contribution in [-0.4, -0.2) is 33.3 Å². The number of nitrogens with zero attached hydrogens (tertiary/aromatic N) is 2. The maximum absolute atomic E-state index is 9.94. The van der Waals surface area contributed by atoms with Crippen molar-refractivity contribution < 1.29 is 5.11 Å². The summed E-state index contributed by atoms with van der Waals surface area (Å²) in [5.41, 5.74) is 0.222. The smallest absolute Gasteiger partial charge is 0.105 e. The topological polar surface area (TPSA) is 50.1 Å². The number of hydrogen-bond acceptors (Lipinski definition) is 3. The van der Waals surface area contributed by atoms with Gasteiger partial charge in [-0.3, -0.25) is 0 Å². The van der Waals surface area contributed by atoms with Gasteiger partial charge in [-0.2, -0.15) is 0 Å². The Kier molecular flexibility index (Phi) is 5.10. The van der Waals surface area contributed by atoms with E-state index in [1.165, 1.54) is 6.42 Å². The molecule has 1 aliphatic rings. The molecule has 2 rings (SSSR count). The maximum Gasteiger partial charge on any atom is 0.105 e. The Morgan fingerprint density at radius 3 is 2.76 bits per heavy atom. The average molecular weight is 293 g/mol. The van der Waals surface area contributed by atoms with Gasteiger partial charge in [0.15, 0.2) is 0 Å². The molecule has 0 aliphatic heterocycles. The minimum absolute atomic E-state index is 0.0921. The largest absolute Gasteiger partial charge is 0.394 e. The molecule has 0 amide bonds. The molecule has 21 heavy (non-hydrogen) atoms. The molecule has 2 atom stereocenters. The van der Waals surface area contributed by atoms with Crippen LogP contribution in [0.2, 0.25) is 0 Å². The molecular formula is C17H31N3O. The molecule has 4 heteroatoms. The summed E-state index contributed by atoms with van der Waals surface area (Å²) >= 11 is 0. The number of nitrogens with one attached hydrogen (secondary N) is 1. The summed E-state index contributed by atoms with van der Waals surface area (Å²) in [6, 6.07) is 0. The molecule has 120 valence electrons. The summed E-state index contributed by atoms with van der Waals surface area (Å²) in [7, 11) is 0. The number of aryl methyl sites for hydroxylation is 2. The predicted molar refractivity (Wildman–Crippen MR) is 86.2 cm³/mol. The molecule has 1 aromatic heterocycles. The molecular weight excluding hydrogens is 262 g/mol. The van der Waals surface area contributed by atoms with Crippen molar-refractivity contribution >= 4 is 0 Å². The van der Waals surface area contributed by atoms with E-state index < -0.39 is 0 Å². The van der Waals surface area contributed by atoms with Gasteiger partial charge < -0.3 is 15.0 Å². The van der Waals surface area contributed by atoms with Crippen molar-refractivity contribution in [3.63, 3.8) is 0 Å². The summed E-state index contributed by atoms with van der Waals surface area (Å²) in [5.74, 6) is 1.74. The van der Waals surface area contributed by atoms with Gasteiger partial charge in [0.25, 0.3) is 0 Å². The third-order valence-electron chi connectivity index (χ3n) is 4.76. The Labute approximate surface area is 129 Å². The SMILES string of the molecule is Cc1nccn1CCCNC1(CO)CC(C)CC(C)(C)C1. The summed E-state index contributed by atoms with van der Waals surface area (Å²) in [5, 5.41) is 13.6. The molecule has 0 aromatic carbocycles. The van der Waals surface area contributed by atoms with Gasteiger partial charge in [0.05, 0.1) is 6.61 Å². The van der Waals surface area contributed by atoms with Gasteiger partial charge in [-0.15, -0.1) is 0 Å². The van der Waals surface area contributed by atoms with Crippen molar-refractivity contribution in [1.29, 1.82) is 0 Å². The van der Waals surface area contributed by atoms with Crippen molar-refractivity contribution in [2.45, 2.75) is 65.5 Å². The maximum atomic E-state index is 9.94. The fraction of sp³-hybridized carbons (Fsp3) is 0.824. The fourth-order valence-electron chi connectivity index (χ4n) is 4.30. The minimum Gasteiger partial charge on any atom is -0.394 e. The van der Waals surface area contributed by atoms with Crippen LogP contribution in [0.1, 0.15) is 52.3 Å². The van der Waals surface area contributed by atoms with Gasteiger partial charge in [0.2, 0.25) is 0 Å². The van der Waals surface area contributed by atoms with E-state index in [-0.39, 0.29) is 12.1 Å². The Morgan fingerprint density at radius 2 is 2.19 bits per heavy atom. The molecule has 1 fully saturated rings. The lowest BCUT2D eigenvalue weighted by Gasteiger charge is -2.47. The molecule has 4 nitrogen and oxygen atoms in total. The van der Waals surface area contributed by atoms with E-state index in [1.807, 2.05) is 19.3 Å². The number of aliphatic hydroxyl groups is 1. The average Bonchev–Trinajstić information content (AvgIpc) is 2.78. The van der Waals surface area contributed by atoms with Crippen LogP contribution < -0.4 is 5.32 Å². The Bertz CT molecular complexity index is 455. The second-order valence-corrected chi connectivity index (χ2v) is 7.74. The summed E-state index contributed by atoms with van der Waals surface area (Å²) < 4.78 is 2.18. The normalized spacial score (nSPS) is 28.7. The highest BCUT2D eigenvalue weighted by atomic mass is 16.3. The number of aliphatic hydroxyl groups excluding tert-OH is 1. The van der Waals surface area contributed by atoms with Crippen LogP contribution in [0.3, 0.4) is 0 Å². The van der Waals surface area contributed by atoms with E-state index in [0.29, 0.717) is 11.3 Å². The molecule has 2 N–H and O–H groups in total. The Morgan fingerprint density at radius 1 is 1.43 bits per heavy atom. The zero-order valence-electron chi connectivity index (χ0n) is 14.0. The zero-order valence-corrected chi connectivity index (χ0v) is 14.0. The molecule has 0 spiro atoms. The van der Waals surface area contributed by atoms with E-state index in [9.17, 15) is 5.11 Å². The Balaban J connectivity index is 1.86. The lowest BCUT2D eigenvalue weighted by molar-refractivity contribution is 0.0363. The Hall–Kier alpha value is -0.870. The molecule has 0 bridgehead atoms. The van der Waals surface area contributed by atoms with Crippen molar-refractivity contribution in [2.24, 2.45) is 11.3 Å². The van der Waals surface area contributed by atoms with Crippen molar-refractivity contribution in [2.75, 3.05) is 13.2 Å². The summed E-state index contributed by atoms with van der Waals surface area (Å²) in [6.45, 7) is 11.2. The van der Waals surface area contributed by atoms with Crippen LogP contribution in [-0.2, 0) is 6.54 Å². The summed E-state index contributed by atoms with van der Waals surface area (Å²) in [4.78, 5) is 4.25. The van der Waals surface area contributed by atoms with E-state index in [0.717, 1.165) is 38.2 Å². The van der Waals surface area contributed by atoms with Crippen LogP contribution in [0.15, 0.2) is 12.4 Å². The van der Waals surface area contributed by atoms with Crippen LogP contribution >= 0.6 is 0 Å². The highest BCUT2D eigenvalue weighted by Gasteiger charge is 2.41. The van der Waals surface area contributed by atoms with Crippen molar-refractivity contribution in [1.82, 2.24) is 14.9 Å². The zero-order chi connectivity index (χ0) is 15.5. The van der Waals surface area contributed by atoms with Gasteiger partial charge in [0, 0.05) is 24.5 Å². The standard InChI is InChI=1S/C17H31N3O/c1-14-10-16(3,4)12-17(11-14,13-21)19-6-5-8-20-9-7-18-15(20)2/h7,9,14,19,21H,5-6,8,10-13H2,1-4H3. The van der Waals surface area contributed by atoms with Gasteiger partial charge >= 0.3 is 0 Å². The number of imidazole rings is 1. The van der Waals surface area contributed by atoms with Crippen LogP contribution in [0.25, 0.3) is 0 Å². The van der Waals surface area contributed by atoms with Gasteiger partial charge in [-0.05, 0) is 50.5 Å². The third kappa shape index (κ3) is 4.30. The van der Waals surface area contributed by atoms with E-state index in [2.05, 4.69) is 35.6 Å². The third-order valence-corrected chi connectivity index (χ3v) is 4.76. The first-order valence-corrected chi connectivity index (χ1v) is 8.19. The van der Waals surface area contributed by atoms with E-state index in [4.69, 9.17) is 0 Å². The van der Waals surface area contributed by atoms with E-state index >= 15 is 0 Å². The molecule has 1 saturated carbocycles. The molecule has 1 heterocycles. The molecule has 1 aromatic rings. The van der Waals surface area contributed by atoms with E-state index in [1.54, 1.807) is 0 Å². The van der Waals surface area contributed by atoms with Gasteiger partial charge in [-0.25, -0.2) is 4.98 Å². The quantitative estimate of drug-likeness (QED) is 0.793. The monoisotopic (exact) mass is 293 g/mol. The van der Waals surface area contributed by atoms with Gasteiger partial charge in [-0.1, -0.05) is 20.8 Å². The first kappa shape index (κ1) is 16.5. The number of rotatable bonds is 6. The lowest BCUT2D eigenvalue weighted by atomic mass is 9.64. The second kappa shape index (κ2) is 6.49. The van der Waals surface area contributed by atoms with Crippen molar-refractivity contribution in [3.05, 3.63) is 18.2 Å². The summed E-state index contributed by atoms with van der Waals surface area (Å²) in [6.07, 6.45) is 8.34. The highest BCUT2D eigenvalue weighted by molar-refractivity contribution is 4.98. The first-order valence-electron chi connectivity index (χ1n) is 8.19. The van der Waals surface area contributed by atoms with Crippen LogP contribution in [0.5, 0.6) is 0 Å². The molecule has 1 aliphatic carbocycles. The van der Waals surface area contributed by atoms with Crippen LogP contribution in [0, 0.1) is 18.3 Å². The second-order valence-electron chi connectivity index (χ2n) is 7.74. The molecule has 0 radical (unpaired) electrons. The fourth-order valence-corrected chi connectivity index (χ4v) is 4.30. The lowest BCUT2D eigenvalue weighted by Crippen LogP contribution is -2.55. The predicted octanol–water partition coefficient (Wildman–Crippen LogP) is 2.75.